The van der Waals surface area contributed by atoms with Gasteiger partial charge in [0, 0.05) is 6.54 Å². The molecule has 4 nitrogen and oxygen atoms in total. The van der Waals surface area contributed by atoms with Crippen LogP contribution >= 0.6 is 0 Å². The van der Waals surface area contributed by atoms with Gasteiger partial charge in [0.05, 0.1) is 0 Å². The molecule has 0 bridgehead atoms. The minimum atomic E-state index is -0.264. The molecule has 0 atom stereocenters. The summed E-state index contributed by atoms with van der Waals surface area (Å²) in [7, 11) is 0. The van der Waals surface area contributed by atoms with Crippen molar-refractivity contribution >= 4 is 5.96 Å². The zero-order chi connectivity index (χ0) is 10.4. The van der Waals surface area contributed by atoms with Crippen molar-refractivity contribution in [1.29, 1.82) is 0 Å². The molecule has 4 N–H and O–H groups in total. The summed E-state index contributed by atoms with van der Waals surface area (Å²) < 4.78 is 12.7. The van der Waals surface area contributed by atoms with Crippen LogP contribution in [0.3, 0.4) is 0 Å². The van der Waals surface area contributed by atoms with Gasteiger partial charge >= 0.3 is 0 Å². The third-order valence-corrected chi connectivity index (χ3v) is 1.69. The van der Waals surface area contributed by atoms with E-state index in [1.807, 2.05) is 0 Å². The highest BCUT2D eigenvalue weighted by atomic mass is 19.1. The number of nitrogens with one attached hydrogen (secondary N) is 1. The second-order valence-corrected chi connectivity index (χ2v) is 2.76. The first-order valence-electron chi connectivity index (χ1n) is 4.17. The number of benzene rings is 1. The van der Waals surface area contributed by atoms with Crippen molar-refractivity contribution in [2.24, 2.45) is 10.7 Å². The number of hydrogen-bond donors (Lipinski definition) is 3. The molecule has 0 radical (unpaired) electrons. The molecular formula is C9H12FN3O. The molecule has 76 valence electrons. The van der Waals surface area contributed by atoms with E-state index in [-0.39, 0.29) is 11.8 Å². The number of aliphatic imine (C=N–C) groups is 1. The van der Waals surface area contributed by atoms with Crippen molar-refractivity contribution < 1.29 is 9.60 Å². The van der Waals surface area contributed by atoms with Gasteiger partial charge in [-0.1, -0.05) is 12.1 Å². The third kappa shape index (κ3) is 3.40. The summed E-state index contributed by atoms with van der Waals surface area (Å²) in [6, 6.07) is 6.28. The lowest BCUT2D eigenvalue weighted by Gasteiger charge is -1.99. The van der Waals surface area contributed by atoms with Crippen LogP contribution in [0.4, 0.5) is 4.39 Å². The lowest BCUT2D eigenvalue weighted by Crippen LogP contribution is -2.28. The Hall–Kier alpha value is -1.62. The lowest BCUT2D eigenvalue weighted by atomic mass is 10.1. The molecule has 0 fully saturated rings. The molecule has 0 aliphatic rings. The van der Waals surface area contributed by atoms with E-state index in [1.165, 1.54) is 12.1 Å². The number of guanidine groups is 1. The zero-order valence-corrected chi connectivity index (χ0v) is 7.57. The van der Waals surface area contributed by atoms with Crippen molar-refractivity contribution in [1.82, 2.24) is 5.48 Å². The molecule has 0 heterocycles. The second kappa shape index (κ2) is 5.18. The predicted octanol–water partition coefficient (Wildman–Crippen LogP) is 0.662. The van der Waals surface area contributed by atoms with Crippen LogP contribution in [0.2, 0.25) is 0 Å². The summed E-state index contributed by atoms with van der Waals surface area (Å²) in [4.78, 5) is 3.78. The van der Waals surface area contributed by atoms with Crippen molar-refractivity contribution in [3.63, 3.8) is 0 Å². The summed E-state index contributed by atoms with van der Waals surface area (Å²) in [6.07, 6.45) is 0.583. The van der Waals surface area contributed by atoms with Gasteiger partial charge < -0.3 is 5.73 Å². The average molecular weight is 197 g/mol. The van der Waals surface area contributed by atoms with Crippen LogP contribution in [-0.4, -0.2) is 17.7 Å². The molecule has 0 unspecified atom stereocenters. The standard InChI is InChI=1S/C9H12FN3O/c10-8-3-1-2-7(6-8)4-5-12-9(11)13-14/h1-3,6,14H,4-5H2,(H3,11,12,13). The fourth-order valence-electron chi connectivity index (χ4n) is 1.03. The van der Waals surface area contributed by atoms with Crippen LogP contribution in [0.1, 0.15) is 5.56 Å². The van der Waals surface area contributed by atoms with Crippen molar-refractivity contribution in [2.45, 2.75) is 6.42 Å². The van der Waals surface area contributed by atoms with E-state index in [1.54, 1.807) is 17.6 Å². The van der Waals surface area contributed by atoms with E-state index in [4.69, 9.17) is 10.9 Å². The van der Waals surface area contributed by atoms with E-state index < -0.39 is 0 Å². The summed E-state index contributed by atoms with van der Waals surface area (Å²) >= 11 is 0. The van der Waals surface area contributed by atoms with Crippen LogP contribution < -0.4 is 11.2 Å². The molecule has 0 amide bonds. The first-order valence-corrected chi connectivity index (χ1v) is 4.17. The van der Waals surface area contributed by atoms with Crippen molar-refractivity contribution in [3.05, 3.63) is 35.6 Å². The Bertz CT molecular complexity index is 328. The Kier molecular flexibility index (Phi) is 3.87. The van der Waals surface area contributed by atoms with Crippen LogP contribution in [0.5, 0.6) is 0 Å². The maximum Gasteiger partial charge on any atom is 0.212 e. The SMILES string of the molecule is NC(=NCCc1cccc(F)c1)NO. The highest BCUT2D eigenvalue weighted by molar-refractivity contribution is 5.76. The van der Waals surface area contributed by atoms with Gasteiger partial charge in [0.1, 0.15) is 5.82 Å². The quantitative estimate of drug-likeness (QED) is 0.379. The minimum Gasteiger partial charge on any atom is -0.368 e. The maximum absolute atomic E-state index is 12.7. The van der Waals surface area contributed by atoms with Gasteiger partial charge in [-0.25, -0.2) is 9.87 Å². The van der Waals surface area contributed by atoms with Crippen LogP contribution in [-0.2, 0) is 6.42 Å². The fourth-order valence-corrected chi connectivity index (χ4v) is 1.03. The van der Waals surface area contributed by atoms with Gasteiger partial charge in [-0.05, 0) is 24.1 Å². The Morgan fingerprint density at radius 1 is 1.57 bits per heavy atom. The smallest absolute Gasteiger partial charge is 0.212 e. The molecule has 1 rings (SSSR count). The maximum atomic E-state index is 12.7. The number of halogens is 1. The van der Waals surface area contributed by atoms with Crippen molar-refractivity contribution in [3.8, 4) is 0 Å². The van der Waals surface area contributed by atoms with Crippen LogP contribution in [0.15, 0.2) is 29.3 Å². The van der Waals surface area contributed by atoms with Gasteiger partial charge in [0.2, 0.25) is 5.96 Å². The molecule has 0 saturated carbocycles. The lowest BCUT2D eigenvalue weighted by molar-refractivity contribution is 0.232. The van der Waals surface area contributed by atoms with Gasteiger partial charge in [-0.2, -0.15) is 0 Å². The first kappa shape index (κ1) is 10.5. The summed E-state index contributed by atoms with van der Waals surface area (Å²) in [5, 5.41) is 8.31. The number of hydroxylamine groups is 1. The van der Waals surface area contributed by atoms with E-state index >= 15 is 0 Å². The minimum absolute atomic E-state index is 0.0404. The largest absolute Gasteiger partial charge is 0.368 e. The van der Waals surface area contributed by atoms with E-state index in [0.29, 0.717) is 13.0 Å². The summed E-state index contributed by atoms with van der Waals surface area (Å²) in [5.41, 5.74) is 7.74. The topological polar surface area (TPSA) is 70.6 Å². The van der Waals surface area contributed by atoms with Crippen LogP contribution in [0.25, 0.3) is 0 Å². The summed E-state index contributed by atoms with van der Waals surface area (Å²) in [5.74, 6) is -0.305. The molecule has 0 aromatic heterocycles. The molecule has 1 aromatic carbocycles. The van der Waals surface area contributed by atoms with E-state index in [9.17, 15) is 4.39 Å². The van der Waals surface area contributed by atoms with Gasteiger partial charge in [0.15, 0.2) is 0 Å². The molecule has 0 aliphatic heterocycles. The zero-order valence-electron chi connectivity index (χ0n) is 7.57. The molecule has 0 spiro atoms. The Morgan fingerprint density at radius 2 is 2.36 bits per heavy atom. The number of hydrogen-bond acceptors (Lipinski definition) is 2. The molecular weight excluding hydrogens is 185 g/mol. The highest BCUT2D eigenvalue weighted by Gasteiger charge is 1.94. The van der Waals surface area contributed by atoms with E-state index in [0.717, 1.165) is 5.56 Å². The predicted molar refractivity (Wildman–Crippen MR) is 51.5 cm³/mol. The average Bonchev–Trinajstić information content (AvgIpc) is 2.17. The number of rotatable bonds is 3. The van der Waals surface area contributed by atoms with E-state index in [2.05, 4.69) is 4.99 Å². The Morgan fingerprint density at radius 3 is 3.00 bits per heavy atom. The van der Waals surface area contributed by atoms with Gasteiger partial charge in [-0.15, -0.1) is 0 Å². The second-order valence-electron chi connectivity index (χ2n) is 2.76. The highest BCUT2D eigenvalue weighted by Crippen LogP contribution is 2.03. The molecule has 5 heteroatoms. The van der Waals surface area contributed by atoms with Gasteiger partial charge in [0.25, 0.3) is 0 Å². The third-order valence-electron chi connectivity index (χ3n) is 1.69. The van der Waals surface area contributed by atoms with Crippen LogP contribution in [0, 0.1) is 5.82 Å². The number of nitrogens with zero attached hydrogens (tertiary/aromatic N) is 1. The molecule has 0 saturated heterocycles. The van der Waals surface area contributed by atoms with Gasteiger partial charge in [-0.3, -0.25) is 10.2 Å². The first-order chi connectivity index (χ1) is 6.72. The van der Waals surface area contributed by atoms with Crippen molar-refractivity contribution in [2.75, 3.05) is 6.54 Å². The monoisotopic (exact) mass is 197 g/mol. The molecule has 14 heavy (non-hydrogen) atoms. The Labute approximate surface area is 81.2 Å². The molecule has 0 aliphatic carbocycles. The Balaban J connectivity index is 2.46. The normalized spacial score (nSPS) is 11.4. The number of nitrogens with two attached hydrogens (primary N) is 1. The summed E-state index contributed by atoms with van der Waals surface area (Å²) in [6.45, 7) is 0.406. The fraction of sp³-hybridized carbons (Fsp3) is 0.222. The molecule has 1 aromatic rings.